The summed E-state index contributed by atoms with van der Waals surface area (Å²) in [6, 6.07) is -0.0753. The van der Waals surface area contributed by atoms with E-state index in [9.17, 15) is 0 Å². The van der Waals surface area contributed by atoms with Gasteiger partial charge in [-0.2, -0.15) is 5.10 Å². The van der Waals surface area contributed by atoms with Crippen molar-refractivity contribution >= 4 is 0 Å². The van der Waals surface area contributed by atoms with Crippen molar-refractivity contribution in [3.8, 4) is 0 Å². The Balaban J connectivity index is 2.75. The summed E-state index contributed by atoms with van der Waals surface area (Å²) in [5.41, 5.74) is 5.63. The van der Waals surface area contributed by atoms with E-state index in [1.54, 1.807) is 6.20 Å². The molecule has 4 heteroatoms. The van der Waals surface area contributed by atoms with Crippen LogP contribution in [0.4, 0.5) is 0 Å². The summed E-state index contributed by atoms with van der Waals surface area (Å²) >= 11 is 0. The van der Waals surface area contributed by atoms with Crippen molar-refractivity contribution in [2.24, 2.45) is 5.73 Å². The fraction of sp³-hybridized carbons (Fsp3) is 0.500. The lowest BCUT2D eigenvalue weighted by Gasteiger charge is -2.03. The Kier molecular flexibility index (Phi) is 2.28. The molecule has 1 rings (SSSR count). The Morgan fingerprint density at radius 2 is 2.40 bits per heavy atom. The largest absolute Gasteiger partial charge is 0.321 e. The van der Waals surface area contributed by atoms with Gasteiger partial charge < -0.3 is 5.73 Å². The van der Waals surface area contributed by atoms with Crippen LogP contribution in [0.5, 0.6) is 0 Å². The van der Waals surface area contributed by atoms with Gasteiger partial charge in [0.2, 0.25) is 0 Å². The van der Waals surface area contributed by atoms with Gasteiger partial charge in [0.1, 0.15) is 0 Å². The topological polar surface area (TPSA) is 64.7 Å². The molecule has 4 nitrogen and oxygen atoms in total. The van der Waals surface area contributed by atoms with Crippen LogP contribution >= 0.6 is 0 Å². The van der Waals surface area contributed by atoms with Crippen molar-refractivity contribution in [3.05, 3.63) is 18.2 Å². The van der Waals surface area contributed by atoms with Gasteiger partial charge in [-0.15, -0.1) is 5.10 Å². The highest BCUT2D eigenvalue weighted by Crippen LogP contribution is 2.04. The predicted molar refractivity (Wildman–Crippen MR) is 37.0 cm³/mol. The Morgan fingerprint density at radius 1 is 1.60 bits per heavy atom. The summed E-state index contributed by atoms with van der Waals surface area (Å²) in [5.74, 6) is 0.616. The van der Waals surface area contributed by atoms with Gasteiger partial charge in [0, 0.05) is 6.20 Å². The molecule has 1 aromatic rings. The minimum atomic E-state index is -0.0753. The molecule has 0 saturated carbocycles. The SMILES string of the molecule is CCC(N)c1nccnn1. The fourth-order valence-electron chi connectivity index (χ4n) is 0.610. The van der Waals surface area contributed by atoms with Crippen LogP contribution in [0, 0.1) is 0 Å². The molecule has 0 aromatic carbocycles. The molecule has 0 amide bonds. The zero-order chi connectivity index (χ0) is 7.40. The van der Waals surface area contributed by atoms with E-state index >= 15 is 0 Å². The van der Waals surface area contributed by atoms with Crippen LogP contribution in [0.25, 0.3) is 0 Å². The van der Waals surface area contributed by atoms with E-state index < -0.39 is 0 Å². The van der Waals surface area contributed by atoms with E-state index in [1.807, 2.05) is 6.92 Å². The summed E-state index contributed by atoms with van der Waals surface area (Å²) in [4.78, 5) is 3.95. The first-order valence-corrected chi connectivity index (χ1v) is 3.23. The molecule has 0 radical (unpaired) electrons. The van der Waals surface area contributed by atoms with E-state index in [0.717, 1.165) is 6.42 Å². The first kappa shape index (κ1) is 7.08. The molecule has 0 aliphatic rings. The molecule has 10 heavy (non-hydrogen) atoms. The number of hydrogen-bond acceptors (Lipinski definition) is 4. The Bertz CT molecular complexity index is 186. The zero-order valence-corrected chi connectivity index (χ0v) is 5.86. The van der Waals surface area contributed by atoms with E-state index in [0.29, 0.717) is 5.82 Å². The third-order valence-electron chi connectivity index (χ3n) is 1.27. The summed E-state index contributed by atoms with van der Waals surface area (Å²) in [6.07, 6.45) is 3.97. The van der Waals surface area contributed by atoms with Crippen molar-refractivity contribution in [1.29, 1.82) is 0 Å². The minimum absolute atomic E-state index is 0.0753. The smallest absolute Gasteiger partial charge is 0.167 e. The van der Waals surface area contributed by atoms with E-state index in [-0.39, 0.29) is 6.04 Å². The average Bonchev–Trinajstić information content (AvgIpc) is 2.05. The first-order valence-electron chi connectivity index (χ1n) is 3.23. The summed E-state index contributed by atoms with van der Waals surface area (Å²) < 4.78 is 0. The second-order valence-electron chi connectivity index (χ2n) is 2.02. The number of aromatic nitrogens is 3. The average molecular weight is 138 g/mol. The molecule has 0 aliphatic heterocycles. The molecule has 0 spiro atoms. The lowest BCUT2D eigenvalue weighted by Crippen LogP contribution is -2.12. The lowest BCUT2D eigenvalue weighted by molar-refractivity contribution is 0.631. The maximum Gasteiger partial charge on any atom is 0.167 e. The number of nitrogens with two attached hydrogens (primary N) is 1. The van der Waals surface area contributed by atoms with Gasteiger partial charge in [0.25, 0.3) is 0 Å². The van der Waals surface area contributed by atoms with Crippen molar-refractivity contribution in [2.75, 3.05) is 0 Å². The molecule has 0 aliphatic carbocycles. The van der Waals surface area contributed by atoms with Gasteiger partial charge in [-0.05, 0) is 6.42 Å². The van der Waals surface area contributed by atoms with E-state index in [4.69, 9.17) is 5.73 Å². The molecule has 54 valence electrons. The lowest BCUT2D eigenvalue weighted by atomic mass is 10.2. The molecule has 0 bridgehead atoms. The molecule has 1 unspecified atom stereocenters. The molecule has 0 saturated heterocycles. The maximum absolute atomic E-state index is 5.63. The summed E-state index contributed by atoms with van der Waals surface area (Å²) in [5, 5.41) is 7.42. The van der Waals surface area contributed by atoms with Crippen molar-refractivity contribution < 1.29 is 0 Å². The van der Waals surface area contributed by atoms with Crippen molar-refractivity contribution in [2.45, 2.75) is 19.4 Å². The van der Waals surface area contributed by atoms with Crippen molar-refractivity contribution in [1.82, 2.24) is 15.2 Å². The monoisotopic (exact) mass is 138 g/mol. The minimum Gasteiger partial charge on any atom is -0.321 e. The summed E-state index contributed by atoms with van der Waals surface area (Å²) in [7, 11) is 0. The van der Waals surface area contributed by atoms with Crippen molar-refractivity contribution in [3.63, 3.8) is 0 Å². The van der Waals surface area contributed by atoms with Crippen LogP contribution < -0.4 is 5.73 Å². The maximum atomic E-state index is 5.63. The molecule has 0 fully saturated rings. The summed E-state index contributed by atoms with van der Waals surface area (Å²) in [6.45, 7) is 1.99. The highest BCUT2D eigenvalue weighted by Gasteiger charge is 2.04. The van der Waals surface area contributed by atoms with Gasteiger partial charge in [-0.25, -0.2) is 4.98 Å². The Hall–Kier alpha value is -1.03. The molecule has 1 atom stereocenters. The Labute approximate surface area is 59.5 Å². The quantitative estimate of drug-likeness (QED) is 0.637. The normalized spacial score (nSPS) is 13.0. The standard InChI is InChI=1S/C6H10N4/c1-2-5(7)6-8-3-4-9-10-6/h3-5H,2,7H2,1H3. The van der Waals surface area contributed by atoms with E-state index in [1.165, 1.54) is 6.20 Å². The highest BCUT2D eigenvalue weighted by molar-refractivity contribution is 4.88. The second-order valence-corrected chi connectivity index (χ2v) is 2.02. The molecule has 2 N–H and O–H groups in total. The van der Waals surface area contributed by atoms with Crippen LogP contribution in [-0.2, 0) is 0 Å². The Morgan fingerprint density at radius 3 is 2.90 bits per heavy atom. The number of nitrogens with zero attached hydrogens (tertiary/aromatic N) is 3. The van der Waals surface area contributed by atoms with Crippen LogP contribution in [0.15, 0.2) is 12.4 Å². The van der Waals surface area contributed by atoms with Crippen LogP contribution in [-0.4, -0.2) is 15.2 Å². The van der Waals surface area contributed by atoms with Gasteiger partial charge >= 0.3 is 0 Å². The zero-order valence-electron chi connectivity index (χ0n) is 5.86. The predicted octanol–water partition coefficient (Wildman–Crippen LogP) is 0.281. The molecular weight excluding hydrogens is 128 g/mol. The van der Waals surface area contributed by atoms with Crippen LogP contribution in [0.1, 0.15) is 25.2 Å². The van der Waals surface area contributed by atoms with Crippen LogP contribution in [0.2, 0.25) is 0 Å². The highest BCUT2D eigenvalue weighted by atomic mass is 15.1. The van der Waals surface area contributed by atoms with Gasteiger partial charge in [-0.3, -0.25) is 0 Å². The molecular formula is C6H10N4. The number of hydrogen-bond donors (Lipinski definition) is 1. The van der Waals surface area contributed by atoms with Gasteiger partial charge in [0.15, 0.2) is 5.82 Å². The fourth-order valence-corrected chi connectivity index (χ4v) is 0.610. The number of rotatable bonds is 2. The third-order valence-corrected chi connectivity index (χ3v) is 1.27. The first-order chi connectivity index (χ1) is 4.84. The van der Waals surface area contributed by atoms with E-state index in [2.05, 4.69) is 15.2 Å². The second kappa shape index (κ2) is 3.22. The van der Waals surface area contributed by atoms with Gasteiger partial charge in [0.05, 0.1) is 12.2 Å². The van der Waals surface area contributed by atoms with Gasteiger partial charge in [-0.1, -0.05) is 6.92 Å². The molecule has 1 aromatic heterocycles. The molecule has 1 heterocycles. The van der Waals surface area contributed by atoms with Crippen LogP contribution in [0.3, 0.4) is 0 Å². The third kappa shape index (κ3) is 1.48.